The van der Waals surface area contributed by atoms with Crippen molar-refractivity contribution in [3.63, 3.8) is 0 Å². The van der Waals surface area contributed by atoms with E-state index in [9.17, 15) is 9.59 Å². The van der Waals surface area contributed by atoms with E-state index in [1.165, 1.54) is 6.08 Å². The molecule has 1 saturated heterocycles. The van der Waals surface area contributed by atoms with Gasteiger partial charge in [0.25, 0.3) is 5.91 Å². The van der Waals surface area contributed by atoms with Gasteiger partial charge in [-0.25, -0.2) is 0 Å². The lowest BCUT2D eigenvalue weighted by Gasteiger charge is -2.35. The monoisotopic (exact) mass is 316 g/mol. The Labute approximate surface area is 137 Å². The molecule has 23 heavy (non-hydrogen) atoms. The summed E-state index contributed by atoms with van der Waals surface area (Å²) in [6.07, 6.45) is 4.36. The van der Waals surface area contributed by atoms with E-state index in [-0.39, 0.29) is 17.9 Å². The van der Waals surface area contributed by atoms with Gasteiger partial charge < -0.3 is 15.0 Å². The van der Waals surface area contributed by atoms with Crippen LogP contribution in [0.5, 0.6) is 0 Å². The normalized spacial score (nSPS) is 17.6. The first-order valence-corrected chi connectivity index (χ1v) is 8.08. The van der Waals surface area contributed by atoms with Crippen molar-refractivity contribution in [2.45, 2.75) is 32.2 Å². The highest BCUT2D eigenvalue weighted by Gasteiger charge is 2.27. The summed E-state index contributed by atoms with van der Waals surface area (Å²) in [7, 11) is 0. The summed E-state index contributed by atoms with van der Waals surface area (Å²) in [6.45, 7) is 7.40. The van der Waals surface area contributed by atoms with Crippen molar-refractivity contribution in [1.29, 1.82) is 0 Å². The zero-order valence-electron chi connectivity index (χ0n) is 13.6. The Kier molecular flexibility index (Phi) is 6.35. The Hall–Kier alpha value is -2.14. The minimum atomic E-state index is -0.267. The van der Waals surface area contributed by atoms with Crippen molar-refractivity contribution in [2.75, 3.05) is 25.1 Å². The van der Waals surface area contributed by atoms with Crippen LogP contribution < -0.4 is 5.32 Å². The summed E-state index contributed by atoms with van der Waals surface area (Å²) < 4.78 is 5.51. The lowest BCUT2D eigenvalue weighted by Crippen LogP contribution is -2.46. The SMILES string of the molecule is C=CC(=O)Nc1ccc(C(=O)N2CCCCC2COCC)cc1. The van der Waals surface area contributed by atoms with Gasteiger partial charge in [0.1, 0.15) is 0 Å². The lowest BCUT2D eigenvalue weighted by atomic mass is 10.0. The van der Waals surface area contributed by atoms with E-state index in [1.54, 1.807) is 24.3 Å². The zero-order chi connectivity index (χ0) is 16.7. The Morgan fingerprint density at radius 2 is 2.09 bits per heavy atom. The average molecular weight is 316 g/mol. The van der Waals surface area contributed by atoms with Crippen molar-refractivity contribution < 1.29 is 14.3 Å². The summed E-state index contributed by atoms with van der Waals surface area (Å²) in [5.41, 5.74) is 1.28. The molecule has 1 atom stereocenters. The van der Waals surface area contributed by atoms with Crippen LogP contribution in [0.4, 0.5) is 5.69 Å². The van der Waals surface area contributed by atoms with E-state index in [0.717, 1.165) is 25.8 Å². The van der Waals surface area contributed by atoms with Crippen LogP contribution in [0, 0.1) is 0 Å². The fourth-order valence-electron chi connectivity index (χ4n) is 2.75. The number of amides is 2. The molecule has 1 unspecified atom stereocenters. The number of likely N-dealkylation sites (tertiary alicyclic amines) is 1. The number of nitrogens with zero attached hydrogens (tertiary/aromatic N) is 1. The molecule has 124 valence electrons. The van der Waals surface area contributed by atoms with Crippen LogP contribution in [0.1, 0.15) is 36.5 Å². The predicted molar refractivity (Wildman–Crippen MR) is 90.4 cm³/mol. The lowest BCUT2D eigenvalue weighted by molar-refractivity contribution is -0.111. The van der Waals surface area contributed by atoms with Gasteiger partial charge >= 0.3 is 0 Å². The number of piperidine rings is 1. The maximum atomic E-state index is 12.7. The first kappa shape index (κ1) is 17.2. The molecule has 1 N–H and O–H groups in total. The maximum Gasteiger partial charge on any atom is 0.254 e. The molecule has 0 saturated carbocycles. The minimum absolute atomic E-state index is 0.0241. The summed E-state index contributed by atoms with van der Waals surface area (Å²) in [4.78, 5) is 25.9. The number of carbonyl (C=O) groups is 2. The molecule has 1 aliphatic heterocycles. The highest BCUT2D eigenvalue weighted by molar-refractivity contribution is 5.99. The second-order valence-electron chi connectivity index (χ2n) is 5.58. The standard InChI is InChI=1S/C18H24N2O3/c1-3-17(21)19-15-10-8-14(9-11-15)18(22)20-12-6-5-7-16(20)13-23-4-2/h3,8-11,16H,1,4-7,12-13H2,2H3,(H,19,21). The number of hydrogen-bond donors (Lipinski definition) is 1. The number of hydrogen-bond acceptors (Lipinski definition) is 3. The largest absolute Gasteiger partial charge is 0.380 e. The molecule has 0 radical (unpaired) electrons. The molecule has 1 aromatic carbocycles. The van der Waals surface area contributed by atoms with Crippen LogP contribution in [0.25, 0.3) is 0 Å². The van der Waals surface area contributed by atoms with Crippen LogP contribution >= 0.6 is 0 Å². The van der Waals surface area contributed by atoms with Crippen LogP contribution in [-0.2, 0) is 9.53 Å². The molecule has 5 heteroatoms. The minimum Gasteiger partial charge on any atom is -0.380 e. The smallest absolute Gasteiger partial charge is 0.254 e. The topological polar surface area (TPSA) is 58.6 Å². The first-order valence-electron chi connectivity index (χ1n) is 8.08. The fourth-order valence-corrected chi connectivity index (χ4v) is 2.75. The molecule has 0 aromatic heterocycles. The van der Waals surface area contributed by atoms with Gasteiger partial charge in [0.05, 0.1) is 12.6 Å². The average Bonchev–Trinajstić information content (AvgIpc) is 2.60. The van der Waals surface area contributed by atoms with Gasteiger partial charge in [-0.1, -0.05) is 6.58 Å². The Bertz CT molecular complexity index is 554. The molecule has 2 rings (SSSR count). The van der Waals surface area contributed by atoms with Gasteiger partial charge in [-0.15, -0.1) is 0 Å². The highest BCUT2D eigenvalue weighted by Crippen LogP contribution is 2.21. The van der Waals surface area contributed by atoms with E-state index in [2.05, 4.69) is 11.9 Å². The second kappa shape index (κ2) is 8.48. The number of carbonyl (C=O) groups excluding carboxylic acids is 2. The molecule has 2 amide bonds. The van der Waals surface area contributed by atoms with Crippen LogP contribution in [0.15, 0.2) is 36.9 Å². The molecule has 0 spiro atoms. The number of benzene rings is 1. The molecule has 0 bridgehead atoms. The third-order valence-electron chi connectivity index (χ3n) is 3.99. The zero-order valence-corrected chi connectivity index (χ0v) is 13.6. The van der Waals surface area contributed by atoms with Gasteiger partial charge in [-0.3, -0.25) is 9.59 Å². The van der Waals surface area contributed by atoms with Crippen LogP contribution in [0.2, 0.25) is 0 Å². The van der Waals surface area contributed by atoms with Gasteiger partial charge in [-0.05, 0) is 56.5 Å². The van der Waals surface area contributed by atoms with Crippen molar-refractivity contribution in [2.24, 2.45) is 0 Å². The van der Waals surface area contributed by atoms with Gasteiger partial charge in [0, 0.05) is 24.4 Å². The van der Waals surface area contributed by atoms with E-state index >= 15 is 0 Å². The molecule has 1 aromatic rings. The van der Waals surface area contributed by atoms with Crippen LogP contribution in [-0.4, -0.2) is 42.5 Å². The van der Waals surface area contributed by atoms with Gasteiger partial charge in [0.15, 0.2) is 0 Å². The van der Waals surface area contributed by atoms with Gasteiger partial charge in [0.2, 0.25) is 5.91 Å². The highest BCUT2D eigenvalue weighted by atomic mass is 16.5. The first-order chi connectivity index (χ1) is 11.2. The Balaban J connectivity index is 2.05. The summed E-state index contributed by atoms with van der Waals surface area (Å²) in [6, 6.07) is 7.10. The molecular formula is C18H24N2O3. The third kappa shape index (κ3) is 4.66. The maximum absolute atomic E-state index is 12.7. The number of nitrogens with one attached hydrogen (secondary N) is 1. The van der Waals surface area contributed by atoms with E-state index in [1.807, 2.05) is 11.8 Å². The number of ether oxygens (including phenoxy) is 1. The molecule has 1 aliphatic rings. The van der Waals surface area contributed by atoms with E-state index in [4.69, 9.17) is 4.74 Å². The molecule has 0 aliphatic carbocycles. The predicted octanol–water partition coefficient (Wildman–Crippen LogP) is 2.84. The summed E-state index contributed by atoms with van der Waals surface area (Å²) in [5, 5.41) is 2.67. The van der Waals surface area contributed by atoms with Crippen molar-refractivity contribution in [3.8, 4) is 0 Å². The fraction of sp³-hybridized carbons (Fsp3) is 0.444. The van der Waals surface area contributed by atoms with Crippen molar-refractivity contribution in [3.05, 3.63) is 42.5 Å². The quantitative estimate of drug-likeness (QED) is 0.821. The summed E-state index contributed by atoms with van der Waals surface area (Å²) >= 11 is 0. The molecule has 1 heterocycles. The van der Waals surface area contributed by atoms with Crippen LogP contribution in [0.3, 0.4) is 0 Å². The van der Waals surface area contributed by atoms with E-state index < -0.39 is 0 Å². The number of anilines is 1. The van der Waals surface area contributed by atoms with E-state index in [0.29, 0.717) is 24.5 Å². The second-order valence-corrected chi connectivity index (χ2v) is 5.58. The molecule has 1 fully saturated rings. The Morgan fingerprint density at radius 1 is 1.35 bits per heavy atom. The van der Waals surface area contributed by atoms with Crippen molar-refractivity contribution in [1.82, 2.24) is 4.90 Å². The number of rotatable bonds is 6. The van der Waals surface area contributed by atoms with Gasteiger partial charge in [-0.2, -0.15) is 0 Å². The summed E-state index contributed by atoms with van der Waals surface area (Å²) in [5.74, 6) is -0.243. The molecular weight excluding hydrogens is 292 g/mol. The van der Waals surface area contributed by atoms with Crippen molar-refractivity contribution >= 4 is 17.5 Å². The third-order valence-corrected chi connectivity index (χ3v) is 3.99. The Morgan fingerprint density at radius 3 is 2.74 bits per heavy atom. The molecule has 5 nitrogen and oxygen atoms in total.